The highest BCUT2D eigenvalue weighted by Gasteiger charge is 2.04. The van der Waals surface area contributed by atoms with E-state index in [2.05, 4.69) is 4.98 Å². The van der Waals surface area contributed by atoms with Crippen molar-refractivity contribution in [3.8, 4) is 11.6 Å². The molecule has 0 unspecified atom stereocenters. The minimum atomic E-state index is 0.469. The second-order valence-electron chi connectivity index (χ2n) is 3.35. The number of ether oxygens (including phenoxy) is 1. The molecule has 2 rings (SSSR count). The Bertz CT molecular complexity index is 497. The Morgan fingerprint density at radius 2 is 1.94 bits per heavy atom. The minimum Gasteiger partial charge on any atom is -0.437 e. The molecule has 0 saturated carbocycles. The molecule has 0 aliphatic heterocycles. The Morgan fingerprint density at radius 3 is 2.62 bits per heavy atom. The molecule has 0 saturated heterocycles. The van der Waals surface area contributed by atoms with Gasteiger partial charge in [-0.05, 0) is 30.7 Å². The highest BCUT2D eigenvalue weighted by atomic mass is 35.5. The molecule has 2 aromatic rings. The van der Waals surface area contributed by atoms with Crippen LogP contribution in [0.4, 0.5) is 0 Å². The largest absolute Gasteiger partial charge is 0.437 e. The zero-order valence-electron chi connectivity index (χ0n) is 8.58. The van der Waals surface area contributed by atoms with Crippen molar-refractivity contribution in [3.63, 3.8) is 0 Å². The number of nitrogens with zero attached hydrogens (tertiary/aromatic N) is 1. The van der Waals surface area contributed by atoms with Gasteiger partial charge in [0.1, 0.15) is 5.75 Å². The van der Waals surface area contributed by atoms with Crippen LogP contribution in [0.1, 0.15) is 5.56 Å². The van der Waals surface area contributed by atoms with Gasteiger partial charge in [-0.2, -0.15) is 0 Å². The average Bonchev–Trinajstić information content (AvgIpc) is 2.27. The van der Waals surface area contributed by atoms with Gasteiger partial charge in [-0.15, -0.1) is 0 Å². The lowest BCUT2D eigenvalue weighted by Gasteiger charge is -2.07. The molecule has 0 aliphatic rings. The SMILES string of the molecule is Cc1ccc(Cl)c(Oc2ccc(Cl)cn2)c1. The van der Waals surface area contributed by atoms with Crippen LogP contribution in [0.2, 0.25) is 10.0 Å². The molecule has 0 radical (unpaired) electrons. The van der Waals surface area contributed by atoms with E-state index in [1.54, 1.807) is 18.2 Å². The van der Waals surface area contributed by atoms with Crippen molar-refractivity contribution in [3.05, 3.63) is 52.1 Å². The lowest BCUT2D eigenvalue weighted by Crippen LogP contribution is -1.88. The van der Waals surface area contributed by atoms with Gasteiger partial charge in [-0.25, -0.2) is 4.98 Å². The standard InChI is InChI=1S/C12H9Cl2NO/c1-8-2-4-10(14)11(6-8)16-12-5-3-9(13)7-15-12/h2-7H,1H3. The third-order valence-electron chi connectivity index (χ3n) is 2.00. The third-order valence-corrected chi connectivity index (χ3v) is 2.54. The predicted molar refractivity (Wildman–Crippen MR) is 65.5 cm³/mol. The summed E-state index contributed by atoms with van der Waals surface area (Å²) in [6.07, 6.45) is 1.53. The van der Waals surface area contributed by atoms with Gasteiger partial charge >= 0.3 is 0 Å². The molecule has 0 N–H and O–H groups in total. The summed E-state index contributed by atoms with van der Waals surface area (Å²) in [4.78, 5) is 4.03. The van der Waals surface area contributed by atoms with Gasteiger partial charge in [0.05, 0.1) is 10.0 Å². The van der Waals surface area contributed by atoms with Crippen LogP contribution in [-0.2, 0) is 0 Å². The van der Waals surface area contributed by atoms with E-state index in [-0.39, 0.29) is 0 Å². The van der Waals surface area contributed by atoms with Gasteiger partial charge in [0.15, 0.2) is 0 Å². The molecule has 1 heterocycles. The molecule has 0 aliphatic carbocycles. The van der Waals surface area contributed by atoms with Crippen LogP contribution in [0.25, 0.3) is 0 Å². The fourth-order valence-electron chi connectivity index (χ4n) is 1.22. The summed E-state index contributed by atoms with van der Waals surface area (Å²) in [5.74, 6) is 1.06. The molecule has 0 atom stereocenters. The molecule has 0 bridgehead atoms. The first-order chi connectivity index (χ1) is 7.65. The topological polar surface area (TPSA) is 22.1 Å². The summed E-state index contributed by atoms with van der Waals surface area (Å²) in [5.41, 5.74) is 1.08. The summed E-state index contributed by atoms with van der Waals surface area (Å²) < 4.78 is 5.54. The zero-order valence-corrected chi connectivity index (χ0v) is 10.1. The Balaban J connectivity index is 2.26. The number of aryl methyl sites for hydroxylation is 1. The number of benzene rings is 1. The fraction of sp³-hybridized carbons (Fsp3) is 0.0833. The van der Waals surface area contributed by atoms with Crippen LogP contribution >= 0.6 is 23.2 Å². The van der Waals surface area contributed by atoms with E-state index in [1.807, 2.05) is 19.1 Å². The van der Waals surface area contributed by atoms with Gasteiger partial charge in [0.2, 0.25) is 5.88 Å². The molecule has 0 amide bonds. The van der Waals surface area contributed by atoms with Crippen molar-refractivity contribution in [2.75, 3.05) is 0 Å². The van der Waals surface area contributed by atoms with Gasteiger partial charge < -0.3 is 4.74 Å². The summed E-state index contributed by atoms with van der Waals surface area (Å²) in [6, 6.07) is 8.99. The normalized spacial score (nSPS) is 10.2. The minimum absolute atomic E-state index is 0.469. The van der Waals surface area contributed by atoms with Crippen LogP contribution in [0.3, 0.4) is 0 Å². The van der Waals surface area contributed by atoms with Crippen molar-refractivity contribution in [1.82, 2.24) is 4.98 Å². The quantitative estimate of drug-likeness (QED) is 0.787. The van der Waals surface area contributed by atoms with Gasteiger partial charge in [0.25, 0.3) is 0 Å². The summed E-state index contributed by atoms with van der Waals surface area (Å²) in [7, 11) is 0. The van der Waals surface area contributed by atoms with Gasteiger partial charge in [-0.1, -0.05) is 29.3 Å². The number of pyridine rings is 1. The lowest BCUT2D eigenvalue weighted by molar-refractivity contribution is 0.463. The number of rotatable bonds is 2. The van der Waals surface area contributed by atoms with Gasteiger partial charge in [0, 0.05) is 12.3 Å². The predicted octanol–water partition coefficient (Wildman–Crippen LogP) is 4.49. The smallest absolute Gasteiger partial charge is 0.219 e. The van der Waals surface area contributed by atoms with E-state index in [0.717, 1.165) is 5.56 Å². The molecule has 82 valence electrons. The van der Waals surface area contributed by atoms with Crippen molar-refractivity contribution in [1.29, 1.82) is 0 Å². The highest BCUT2D eigenvalue weighted by Crippen LogP contribution is 2.29. The first-order valence-electron chi connectivity index (χ1n) is 4.71. The second kappa shape index (κ2) is 4.73. The Hall–Kier alpha value is -1.25. The van der Waals surface area contributed by atoms with Crippen molar-refractivity contribution < 1.29 is 4.74 Å². The molecular formula is C12H9Cl2NO. The summed E-state index contributed by atoms with van der Waals surface area (Å²) in [5, 5.41) is 1.13. The molecule has 0 spiro atoms. The Labute approximate surface area is 104 Å². The van der Waals surface area contributed by atoms with Crippen molar-refractivity contribution in [2.24, 2.45) is 0 Å². The monoisotopic (exact) mass is 253 g/mol. The van der Waals surface area contributed by atoms with E-state index < -0.39 is 0 Å². The average molecular weight is 254 g/mol. The van der Waals surface area contributed by atoms with Crippen LogP contribution in [-0.4, -0.2) is 4.98 Å². The van der Waals surface area contributed by atoms with Crippen molar-refractivity contribution in [2.45, 2.75) is 6.92 Å². The third kappa shape index (κ3) is 2.65. The molecule has 1 aromatic carbocycles. The zero-order chi connectivity index (χ0) is 11.5. The van der Waals surface area contributed by atoms with E-state index in [0.29, 0.717) is 21.7 Å². The van der Waals surface area contributed by atoms with E-state index in [4.69, 9.17) is 27.9 Å². The van der Waals surface area contributed by atoms with Crippen LogP contribution in [0, 0.1) is 6.92 Å². The molecule has 16 heavy (non-hydrogen) atoms. The fourth-order valence-corrected chi connectivity index (χ4v) is 1.49. The number of aromatic nitrogens is 1. The number of hydrogen-bond donors (Lipinski definition) is 0. The van der Waals surface area contributed by atoms with E-state index in [1.165, 1.54) is 6.20 Å². The van der Waals surface area contributed by atoms with E-state index in [9.17, 15) is 0 Å². The van der Waals surface area contributed by atoms with Crippen LogP contribution in [0.5, 0.6) is 11.6 Å². The highest BCUT2D eigenvalue weighted by molar-refractivity contribution is 6.32. The summed E-state index contributed by atoms with van der Waals surface area (Å²) >= 11 is 11.7. The number of halogens is 2. The maximum atomic E-state index is 6.00. The first kappa shape index (κ1) is 11.2. The number of hydrogen-bond acceptors (Lipinski definition) is 2. The van der Waals surface area contributed by atoms with E-state index >= 15 is 0 Å². The molecule has 4 heteroatoms. The molecule has 0 fully saturated rings. The maximum Gasteiger partial charge on any atom is 0.219 e. The molecular weight excluding hydrogens is 245 g/mol. The first-order valence-corrected chi connectivity index (χ1v) is 5.46. The molecule has 1 aromatic heterocycles. The second-order valence-corrected chi connectivity index (χ2v) is 4.19. The van der Waals surface area contributed by atoms with Crippen LogP contribution in [0.15, 0.2) is 36.5 Å². The lowest BCUT2D eigenvalue weighted by atomic mass is 10.2. The summed E-state index contributed by atoms with van der Waals surface area (Å²) in [6.45, 7) is 1.97. The maximum absolute atomic E-state index is 6.00. The molecule has 2 nitrogen and oxygen atoms in total. The van der Waals surface area contributed by atoms with Gasteiger partial charge in [-0.3, -0.25) is 0 Å². The Kier molecular flexibility index (Phi) is 3.32. The van der Waals surface area contributed by atoms with Crippen molar-refractivity contribution >= 4 is 23.2 Å². The van der Waals surface area contributed by atoms with Crippen LogP contribution < -0.4 is 4.74 Å². The Morgan fingerprint density at radius 1 is 1.12 bits per heavy atom.